The summed E-state index contributed by atoms with van der Waals surface area (Å²) in [5, 5.41) is 0. The SMILES string of the molecule is Nc1cc(-c2ccc(F)cc2)cc(C(F)(F)F)c1. The molecule has 0 heterocycles. The zero-order chi connectivity index (χ0) is 13.3. The van der Waals surface area contributed by atoms with Crippen molar-refractivity contribution >= 4 is 5.69 Å². The van der Waals surface area contributed by atoms with Crippen LogP contribution in [0.1, 0.15) is 5.56 Å². The summed E-state index contributed by atoms with van der Waals surface area (Å²) in [7, 11) is 0. The summed E-state index contributed by atoms with van der Waals surface area (Å²) in [4.78, 5) is 0. The van der Waals surface area contributed by atoms with Crippen LogP contribution in [-0.2, 0) is 6.18 Å². The summed E-state index contributed by atoms with van der Waals surface area (Å²) in [5.41, 5.74) is 5.44. The molecule has 0 saturated heterocycles. The summed E-state index contributed by atoms with van der Waals surface area (Å²) in [6, 6.07) is 8.46. The first-order valence-electron chi connectivity index (χ1n) is 5.10. The lowest BCUT2D eigenvalue weighted by Crippen LogP contribution is -2.06. The molecular formula is C13H9F4N. The second kappa shape index (κ2) is 4.33. The van der Waals surface area contributed by atoms with E-state index in [0.717, 1.165) is 12.1 Å². The first kappa shape index (κ1) is 12.4. The number of anilines is 1. The van der Waals surface area contributed by atoms with Gasteiger partial charge in [0.2, 0.25) is 0 Å². The van der Waals surface area contributed by atoms with Gasteiger partial charge in [0.25, 0.3) is 0 Å². The van der Waals surface area contributed by atoms with Gasteiger partial charge in [-0.25, -0.2) is 4.39 Å². The van der Waals surface area contributed by atoms with E-state index in [-0.39, 0.29) is 5.69 Å². The minimum absolute atomic E-state index is 0.0177. The van der Waals surface area contributed by atoms with Gasteiger partial charge < -0.3 is 5.73 Å². The van der Waals surface area contributed by atoms with E-state index in [1.54, 1.807) is 0 Å². The Kier molecular flexibility index (Phi) is 2.98. The van der Waals surface area contributed by atoms with Gasteiger partial charge in [-0.1, -0.05) is 12.1 Å². The number of hydrogen-bond donors (Lipinski definition) is 1. The number of hydrogen-bond acceptors (Lipinski definition) is 1. The molecule has 0 unspecified atom stereocenters. The van der Waals surface area contributed by atoms with E-state index in [9.17, 15) is 17.6 Å². The maximum atomic E-state index is 12.7. The lowest BCUT2D eigenvalue weighted by atomic mass is 10.0. The van der Waals surface area contributed by atoms with E-state index < -0.39 is 17.6 Å². The van der Waals surface area contributed by atoms with Crippen molar-refractivity contribution in [3.8, 4) is 11.1 Å². The largest absolute Gasteiger partial charge is 0.416 e. The fourth-order valence-electron chi connectivity index (χ4n) is 1.62. The zero-order valence-corrected chi connectivity index (χ0v) is 9.13. The predicted octanol–water partition coefficient (Wildman–Crippen LogP) is 4.09. The van der Waals surface area contributed by atoms with Gasteiger partial charge in [-0.15, -0.1) is 0 Å². The van der Waals surface area contributed by atoms with Crippen LogP contribution in [0.15, 0.2) is 42.5 Å². The molecule has 2 N–H and O–H groups in total. The normalized spacial score (nSPS) is 11.6. The van der Waals surface area contributed by atoms with Gasteiger partial charge in [0.1, 0.15) is 5.82 Å². The van der Waals surface area contributed by atoms with Crippen molar-refractivity contribution in [3.63, 3.8) is 0 Å². The van der Waals surface area contributed by atoms with Gasteiger partial charge in [-0.3, -0.25) is 0 Å². The summed E-state index contributed by atoms with van der Waals surface area (Å²) in [6.45, 7) is 0. The van der Waals surface area contributed by atoms with Crippen molar-refractivity contribution in [1.82, 2.24) is 0 Å². The number of rotatable bonds is 1. The highest BCUT2D eigenvalue weighted by Gasteiger charge is 2.31. The fraction of sp³-hybridized carbons (Fsp3) is 0.0769. The second-order valence-electron chi connectivity index (χ2n) is 3.85. The smallest absolute Gasteiger partial charge is 0.399 e. The molecule has 0 fully saturated rings. The van der Waals surface area contributed by atoms with Gasteiger partial charge in [0, 0.05) is 5.69 Å². The summed E-state index contributed by atoms with van der Waals surface area (Å²) in [5.74, 6) is -0.446. The van der Waals surface area contributed by atoms with E-state index in [0.29, 0.717) is 11.1 Å². The average Bonchev–Trinajstić information content (AvgIpc) is 2.28. The highest BCUT2D eigenvalue weighted by atomic mass is 19.4. The molecule has 18 heavy (non-hydrogen) atoms. The minimum Gasteiger partial charge on any atom is -0.399 e. The second-order valence-corrected chi connectivity index (χ2v) is 3.85. The van der Waals surface area contributed by atoms with Gasteiger partial charge in [0.05, 0.1) is 5.56 Å². The predicted molar refractivity (Wildman–Crippen MR) is 61.3 cm³/mol. The fourth-order valence-corrected chi connectivity index (χ4v) is 1.62. The summed E-state index contributed by atoms with van der Waals surface area (Å²) >= 11 is 0. The highest BCUT2D eigenvalue weighted by Crippen LogP contribution is 2.34. The van der Waals surface area contributed by atoms with E-state index in [1.165, 1.54) is 30.3 Å². The van der Waals surface area contributed by atoms with Crippen molar-refractivity contribution in [2.75, 3.05) is 5.73 Å². The molecule has 0 radical (unpaired) electrons. The number of nitrogen functional groups attached to an aromatic ring is 1. The molecule has 5 heteroatoms. The molecule has 0 aromatic heterocycles. The molecule has 2 aromatic rings. The number of halogens is 4. The van der Waals surface area contributed by atoms with Crippen LogP contribution in [0, 0.1) is 5.82 Å². The van der Waals surface area contributed by atoms with Crippen molar-refractivity contribution in [1.29, 1.82) is 0 Å². The Labute approximate surface area is 101 Å². The van der Waals surface area contributed by atoms with Crippen molar-refractivity contribution in [3.05, 3.63) is 53.8 Å². The average molecular weight is 255 g/mol. The van der Waals surface area contributed by atoms with E-state index >= 15 is 0 Å². The molecule has 0 aliphatic carbocycles. The molecule has 0 saturated carbocycles. The van der Waals surface area contributed by atoms with Crippen LogP contribution in [0.2, 0.25) is 0 Å². The molecule has 0 amide bonds. The molecule has 94 valence electrons. The monoisotopic (exact) mass is 255 g/mol. The minimum atomic E-state index is -4.45. The molecule has 0 spiro atoms. The van der Waals surface area contributed by atoms with Gasteiger partial charge >= 0.3 is 6.18 Å². The Balaban J connectivity index is 2.52. The molecule has 0 aliphatic heterocycles. The molecule has 1 nitrogen and oxygen atoms in total. The molecule has 0 atom stereocenters. The van der Waals surface area contributed by atoms with E-state index in [2.05, 4.69) is 0 Å². The third-order valence-corrected chi connectivity index (χ3v) is 2.46. The third-order valence-electron chi connectivity index (χ3n) is 2.46. The van der Waals surface area contributed by atoms with E-state index in [1.807, 2.05) is 0 Å². The maximum Gasteiger partial charge on any atom is 0.416 e. The number of alkyl halides is 3. The van der Waals surface area contributed by atoms with Crippen molar-refractivity contribution in [2.45, 2.75) is 6.18 Å². The van der Waals surface area contributed by atoms with Crippen LogP contribution in [0.5, 0.6) is 0 Å². The standard InChI is InChI=1S/C13H9F4N/c14-11-3-1-8(2-4-11)9-5-10(13(15,16)17)7-12(18)6-9/h1-7H,18H2. The van der Waals surface area contributed by atoms with Gasteiger partial charge in [0.15, 0.2) is 0 Å². The first-order valence-corrected chi connectivity index (χ1v) is 5.10. The topological polar surface area (TPSA) is 26.0 Å². The Morgan fingerprint density at radius 2 is 1.44 bits per heavy atom. The molecule has 2 aromatic carbocycles. The van der Waals surface area contributed by atoms with Gasteiger partial charge in [-0.05, 0) is 41.5 Å². The maximum absolute atomic E-state index is 12.7. The zero-order valence-electron chi connectivity index (χ0n) is 9.13. The van der Waals surface area contributed by atoms with Crippen LogP contribution in [0.3, 0.4) is 0 Å². The van der Waals surface area contributed by atoms with Crippen molar-refractivity contribution in [2.24, 2.45) is 0 Å². The molecular weight excluding hydrogens is 246 g/mol. The Morgan fingerprint density at radius 1 is 0.833 bits per heavy atom. The molecule has 0 bridgehead atoms. The number of benzene rings is 2. The van der Waals surface area contributed by atoms with Crippen LogP contribution in [0.25, 0.3) is 11.1 Å². The quantitative estimate of drug-likeness (QED) is 0.602. The van der Waals surface area contributed by atoms with E-state index in [4.69, 9.17) is 5.73 Å². The number of nitrogens with two attached hydrogens (primary N) is 1. The van der Waals surface area contributed by atoms with Crippen LogP contribution < -0.4 is 5.73 Å². The summed E-state index contributed by atoms with van der Waals surface area (Å²) in [6.07, 6.45) is -4.45. The van der Waals surface area contributed by atoms with Crippen molar-refractivity contribution < 1.29 is 17.6 Å². The molecule has 2 rings (SSSR count). The van der Waals surface area contributed by atoms with Crippen LogP contribution in [0.4, 0.5) is 23.2 Å². The lowest BCUT2D eigenvalue weighted by Gasteiger charge is -2.10. The van der Waals surface area contributed by atoms with Crippen LogP contribution >= 0.6 is 0 Å². The summed E-state index contributed by atoms with van der Waals surface area (Å²) < 4.78 is 50.6. The molecule has 0 aliphatic rings. The third kappa shape index (κ3) is 2.61. The lowest BCUT2D eigenvalue weighted by molar-refractivity contribution is -0.137. The first-order chi connectivity index (χ1) is 8.36. The Bertz CT molecular complexity index is 558. The van der Waals surface area contributed by atoms with Gasteiger partial charge in [-0.2, -0.15) is 13.2 Å². The Hall–Kier alpha value is -2.04. The van der Waals surface area contributed by atoms with Crippen LogP contribution in [-0.4, -0.2) is 0 Å². The Morgan fingerprint density at radius 3 is 2.00 bits per heavy atom. The highest BCUT2D eigenvalue weighted by molar-refractivity contribution is 5.68.